The van der Waals surface area contributed by atoms with Crippen LogP contribution in [-0.4, -0.2) is 49.5 Å². The molecule has 0 spiro atoms. The van der Waals surface area contributed by atoms with Crippen LogP contribution in [0.5, 0.6) is 5.75 Å². The molecule has 0 saturated heterocycles. The lowest BCUT2D eigenvalue weighted by Gasteiger charge is -2.29. The van der Waals surface area contributed by atoms with Crippen molar-refractivity contribution < 1.29 is 14.3 Å². The van der Waals surface area contributed by atoms with Crippen molar-refractivity contribution in [2.45, 2.75) is 26.3 Å². The van der Waals surface area contributed by atoms with Crippen molar-refractivity contribution in [3.63, 3.8) is 0 Å². The number of fused-ring (bicyclic) bond motifs is 1. The molecule has 2 amide bonds. The predicted octanol–water partition coefficient (Wildman–Crippen LogP) is 3.07. The summed E-state index contributed by atoms with van der Waals surface area (Å²) in [5, 5.41) is 2.88. The molecular weight excluding hydrogens is 354 g/mol. The number of aryl methyl sites for hydroxylation is 1. The monoisotopic (exact) mass is 381 g/mol. The van der Waals surface area contributed by atoms with Crippen molar-refractivity contribution in [2.24, 2.45) is 0 Å². The van der Waals surface area contributed by atoms with Gasteiger partial charge < -0.3 is 15.0 Å². The summed E-state index contributed by atoms with van der Waals surface area (Å²) in [6.45, 7) is 5.29. The van der Waals surface area contributed by atoms with Gasteiger partial charge in [0.2, 0.25) is 11.8 Å². The van der Waals surface area contributed by atoms with Gasteiger partial charge in [0.25, 0.3) is 0 Å². The third kappa shape index (κ3) is 4.70. The Balaban J connectivity index is 1.61. The molecule has 3 rings (SSSR count). The quantitative estimate of drug-likeness (QED) is 0.835. The minimum atomic E-state index is -0.201. The van der Waals surface area contributed by atoms with Crippen LogP contribution in [0, 0.1) is 6.92 Å². The average Bonchev–Trinajstić information content (AvgIpc) is 2.77. The first-order valence-electron chi connectivity index (χ1n) is 9.53. The Morgan fingerprint density at radius 2 is 1.93 bits per heavy atom. The molecule has 0 aromatic heterocycles. The minimum Gasteiger partial charge on any atom is -0.492 e. The maximum Gasteiger partial charge on any atom is 0.241 e. The molecule has 2 aromatic rings. The number of hydrogen-bond donors (Lipinski definition) is 1. The molecular formula is C22H27N3O3. The van der Waals surface area contributed by atoms with Gasteiger partial charge in [0.05, 0.1) is 17.9 Å². The molecule has 1 unspecified atom stereocenters. The Morgan fingerprint density at radius 3 is 2.71 bits per heavy atom. The van der Waals surface area contributed by atoms with E-state index >= 15 is 0 Å². The Kier molecular flexibility index (Phi) is 6.31. The first-order chi connectivity index (χ1) is 13.5. The third-order valence-corrected chi connectivity index (χ3v) is 4.86. The van der Waals surface area contributed by atoms with Crippen molar-refractivity contribution in [1.82, 2.24) is 4.90 Å². The van der Waals surface area contributed by atoms with Crippen LogP contribution in [-0.2, 0) is 9.59 Å². The molecule has 0 fully saturated rings. The van der Waals surface area contributed by atoms with Crippen LogP contribution in [0.3, 0.4) is 0 Å². The summed E-state index contributed by atoms with van der Waals surface area (Å²) in [6, 6.07) is 15.1. The first kappa shape index (κ1) is 19.9. The van der Waals surface area contributed by atoms with E-state index in [0.29, 0.717) is 18.8 Å². The molecule has 28 heavy (non-hydrogen) atoms. The Morgan fingerprint density at radius 1 is 1.21 bits per heavy atom. The van der Waals surface area contributed by atoms with E-state index in [-0.39, 0.29) is 30.8 Å². The van der Waals surface area contributed by atoms with Crippen LogP contribution in [0.25, 0.3) is 0 Å². The fourth-order valence-corrected chi connectivity index (χ4v) is 3.38. The number of carbonyl (C=O) groups excluding carboxylic acids is 2. The predicted molar refractivity (Wildman–Crippen MR) is 111 cm³/mol. The zero-order valence-corrected chi connectivity index (χ0v) is 16.6. The number of carbonyl (C=O) groups is 2. The zero-order chi connectivity index (χ0) is 20.1. The number of para-hydroxylation sites is 3. The second-order valence-electron chi connectivity index (χ2n) is 7.23. The topological polar surface area (TPSA) is 61.9 Å². The van der Waals surface area contributed by atoms with Crippen LogP contribution < -0.4 is 15.0 Å². The zero-order valence-electron chi connectivity index (χ0n) is 16.6. The third-order valence-electron chi connectivity index (χ3n) is 4.86. The van der Waals surface area contributed by atoms with Gasteiger partial charge in [0.1, 0.15) is 12.4 Å². The van der Waals surface area contributed by atoms with Crippen LogP contribution in [0.15, 0.2) is 48.5 Å². The molecule has 0 bridgehead atoms. The van der Waals surface area contributed by atoms with Crippen molar-refractivity contribution in [3.05, 3.63) is 54.1 Å². The second kappa shape index (κ2) is 8.89. The van der Waals surface area contributed by atoms with Gasteiger partial charge in [0, 0.05) is 19.0 Å². The maximum atomic E-state index is 13.0. The van der Waals surface area contributed by atoms with Crippen LogP contribution in [0.1, 0.15) is 18.9 Å². The highest BCUT2D eigenvalue weighted by molar-refractivity contribution is 6.04. The lowest BCUT2D eigenvalue weighted by Crippen LogP contribution is -2.44. The maximum absolute atomic E-state index is 13.0. The smallest absolute Gasteiger partial charge is 0.241 e. The molecule has 0 aliphatic carbocycles. The minimum absolute atomic E-state index is 0.0326. The Hall–Kier alpha value is -2.86. The number of hydrogen-bond acceptors (Lipinski definition) is 4. The highest BCUT2D eigenvalue weighted by Crippen LogP contribution is 2.31. The Bertz CT molecular complexity index is 852. The number of nitrogens with one attached hydrogen (secondary N) is 1. The second-order valence-corrected chi connectivity index (χ2v) is 7.23. The van der Waals surface area contributed by atoms with Gasteiger partial charge in [-0.1, -0.05) is 30.3 Å². The van der Waals surface area contributed by atoms with Crippen molar-refractivity contribution in [3.8, 4) is 5.75 Å². The largest absolute Gasteiger partial charge is 0.492 e. The number of amides is 2. The van der Waals surface area contributed by atoms with Gasteiger partial charge >= 0.3 is 0 Å². The van der Waals surface area contributed by atoms with Crippen LogP contribution >= 0.6 is 0 Å². The van der Waals surface area contributed by atoms with E-state index in [9.17, 15) is 9.59 Å². The number of rotatable bonds is 6. The molecule has 1 aliphatic heterocycles. The summed E-state index contributed by atoms with van der Waals surface area (Å²) >= 11 is 0. The van der Waals surface area contributed by atoms with E-state index in [2.05, 4.69) is 5.32 Å². The van der Waals surface area contributed by atoms with E-state index in [0.717, 1.165) is 17.0 Å². The summed E-state index contributed by atoms with van der Waals surface area (Å²) < 4.78 is 5.82. The molecule has 148 valence electrons. The molecule has 0 saturated carbocycles. The molecule has 1 aliphatic rings. The molecule has 1 heterocycles. The van der Waals surface area contributed by atoms with Crippen LogP contribution in [0.2, 0.25) is 0 Å². The highest BCUT2D eigenvalue weighted by atomic mass is 16.5. The van der Waals surface area contributed by atoms with E-state index < -0.39 is 0 Å². The van der Waals surface area contributed by atoms with E-state index in [1.54, 1.807) is 4.90 Å². The summed E-state index contributed by atoms with van der Waals surface area (Å²) in [4.78, 5) is 28.8. The Labute approximate surface area is 166 Å². The molecule has 1 atom stereocenters. The van der Waals surface area contributed by atoms with Gasteiger partial charge in [-0.2, -0.15) is 0 Å². The summed E-state index contributed by atoms with van der Waals surface area (Å²) in [5.41, 5.74) is 2.51. The number of ether oxygens (including phenoxy) is 1. The highest BCUT2D eigenvalue weighted by Gasteiger charge is 2.29. The van der Waals surface area contributed by atoms with Gasteiger partial charge in [0.15, 0.2) is 0 Å². The van der Waals surface area contributed by atoms with Crippen molar-refractivity contribution in [1.29, 1.82) is 0 Å². The normalized spacial score (nSPS) is 16.4. The standard InChI is InChI=1S/C22H27N3O3/c1-16-8-4-7-11-20(16)28-13-12-24(3)15-22(27)25-17(2)14-21(26)23-18-9-5-6-10-19(18)25/h4-11,17H,12-15H2,1-3H3,(H,23,26). The molecule has 2 aromatic carbocycles. The number of likely N-dealkylation sites (N-methyl/N-ethyl adjacent to an activating group) is 1. The number of anilines is 2. The van der Waals surface area contributed by atoms with E-state index in [4.69, 9.17) is 4.74 Å². The van der Waals surface area contributed by atoms with E-state index in [1.807, 2.05) is 74.3 Å². The van der Waals surface area contributed by atoms with Crippen molar-refractivity contribution in [2.75, 3.05) is 37.0 Å². The molecule has 0 radical (unpaired) electrons. The van der Waals surface area contributed by atoms with Crippen LogP contribution in [0.4, 0.5) is 11.4 Å². The SMILES string of the molecule is Cc1ccccc1OCCN(C)CC(=O)N1c2ccccc2NC(=O)CC1C. The molecule has 6 nitrogen and oxygen atoms in total. The van der Waals surface area contributed by atoms with Crippen molar-refractivity contribution >= 4 is 23.2 Å². The summed E-state index contributed by atoms with van der Waals surface area (Å²) in [6.07, 6.45) is 0.278. The fraction of sp³-hybridized carbons (Fsp3) is 0.364. The molecule has 1 N–H and O–H groups in total. The van der Waals surface area contributed by atoms with Gasteiger partial charge in [-0.15, -0.1) is 0 Å². The van der Waals surface area contributed by atoms with Gasteiger partial charge in [-0.25, -0.2) is 0 Å². The summed E-state index contributed by atoms with van der Waals surface area (Å²) in [5.74, 6) is 0.756. The number of nitrogens with zero attached hydrogens (tertiary/aromatic N) is 2. The lowest BCUT2D eigenvalue weighted by atomic mass is 10.1. The van der Waals surface area contributed by atoms with Gasteiger partial charge in [-0.3, -0.25) is 14.5 Å². The van der Waals surface area contributed by atoms with E-state index in [1.165, 1.54) is 0 Å². The fourth-order valence-electron chi connectivity index (χ4n) is 3.38. The average molecular weight is 381 g/mol. The molecule has 6 heteroatoms. The summed E-state index contributed by atoms with van der Waals surface area (Å²) in [7, 11) is 1.90. The number of benzene rings is 2. The van der Waals surface area contributed by atoms with Gasteiger partial charge in [-0.05, 0) is 44.7 Å². The lowest BCUT2D eigenvalue weighted by molar-refractivity contribution is -0.120. The first-order valence-corrected chi connectivity index (χ1v) is 9.53.